The third-order valence-corrected chi connectivity index (χ3v) is 6.94. The van der Waals surface area contributed by atoms with Crippen molar-refractivity contribution in [2.24, 2.45) is 5.92 Å². The molecule has 1 aliphatic rings. The Morgan fingerprint density at radius 1 is 1.06 bits per heavy atom. The predicted octanol–water partition coefficient (Wildman–Crippen LogP) is 5.30. The van der Waals surface area contributed by atoms with Gasteiger partial charge in [-0.3, -0.25) is 0 Å². The first-order chi connectivity index (χ1) is 17.1. The van der Waals surface area contributed by atoms with Crippen LogP contribution in [-0.4, -0.2) is 34.5 Å². The highest BCUT2D eigenvalue weighted by atomic mass is 32.2. The molecule has 2 heterocycles. The molecule has 1 fully saturated rings. The summed E-state index contributed by atoms with van der Waals surface area (Å²) in [5, 5.41) is 16.0. The molecule has 2 amide bonds. The number of hydrogen-bond donors (Lipinski definition) is 3. The van der Waals surface area contributed by atoms with Gasteiger partial charge in [0.05, 0.1) is 23.8 Å². The molecule has 1 saturated heterocycles. The van der Waals surface area contributed by atoms with Crippen LogP contribution in [-0.2, 0) is 16.1 Å². The summed E-state index contributed by atoms with van der Waals surface area (Å²) in [7, 11) is 0. The standard InChI is InChI=1S/C27H31N3O4S/c1-3-28-27(32)30-22-8-6-7-21(15-22)26-33-23(17-35-24-9-4-5-14-29-24)18(2)25(34-26)20-12-10-19(16-31)11-13-20/h4-15,18,23,25-26,31H,3,16-17H2,1-2H3,(H2,28,30,32)/t18-,23+,25+,26?/m0/s1. The van der Waals surface area contributed by atoms with Crippen LogP contribution in [0.5, 0.6) is 0 Å². The van der Waals surface area contributed by atoms with Crippen molar-refractivity contribution in [1.29, 1.82) is 0 Å². The minimum Gasteiger partial charge on any atom is -0.392 e. The van der Waals surface area contributed by atoms with E-state index < -0.39 is 6.29 Å². The highest BCUT2D eigenvalue weighted by molar-refractivity contribution is 7.99. The van der Waals surface area contributed by atoms with Gasteiger partial charge in [-0.25, -0.2) is 9.78 Å². The Kier molecular flexibility index (Phi) is 8.76. The molecule has 0 radical (unpaired) electrons. The lowest BCUT2D eigenvalue weighted by atomic mass is 9.91. The average molecular weight is 494 g/mol. The second-order valence-electron chi connectivity index (χ2n) is 8.41. The highest BCUT2D eigenvalue weighted by Crippen LogP contribution is 2.43. The molecule has 0 saturated carbocycles. The smallest absolute Gasteiger partial charge is 0.319 e. The quantitative estimate of drug-likeness (QED) is 0.369. The molecule has 4 atom stereocenters. The number of ether oxygens (including phenoxy) is 2. The van der Waals surface area contributed by atoms with E-state index in [4.69, 9.17) is 9.47 Å². The molecule has 0 spiro atoms. The number of anilines is 1. The van der Waals surface area contributed by atoms with Crippen molar-refractivity contribution in [3.05, 3.63) is 89.6 Å². The van der Waals surface area contributed by atoms with Gasteiger partial charge in [-0.2, -0.15) is 0 Å². The largest absolute Gasteiger partial charge is 0.392 e. The zero-order valence-corrected chi connectivity index (χ0v) is 20.7. The van der Waals surface area contributed by atoms with Gasteiger partial charge in [-0.1, -0.05) is 49.4 Å². The van der Waals surface area contributed by atoms with Crippen LogP contribution in [0.15, 0.2) is 78.0 Å². The number of amides is 2. The summed E-state index contributed by atoms with van der Waals surface area (Å²) in [5.74, 6) is 0.805. The number of aliphatic hydroxyl groups is 1. The van der Waals surface area contributed by atoms with Gasteiger partial charge in [0.1, 0.15) is 0 Å². The first-order valence-corrected chi connectivity index (χ1v) is 12.7. The van der Waals surface area contributed by atoms with E-state index in [2.05, 4.69) is 22.5 Å². The summed E-state index contributed by atoms with van der Waals surface area (Å²) in [6.07, 6.45) is 0.899. The molecular weight excluding hydrogens is 462 g/mol. The third-order valence-electron chi connectivity index (χ3n) is 5.91. The van der Waals surface area contributed by atoms with Gasteiger partial charge in [0.2, 0.25) is 0 Å². The highest BCUT2D eigenvalue weighted by Gasteiger charge is 2.38. The lowest BCUT2D eigenvalue weighted by Crippen LogP contribution is -2.38. The average Bonchev–Trinajstić information content (AvgIpc) is 2.89. The first-order valence-electron chi connectivity index (χ1n) is 11.8. The number of aromatic nitrogens is 1. The fraction of sp³-hybridized carbons (Fsp3) is 0.333. The topological polar surface area (TPSA) is 92.7 Å². The number of rotatable bonds is 8. The van der Waals surface area contributed by atoms with E-state index in [1.807, 2.05) is 73.7 Å². The lowest BCUT2D eigenvalue weighted by molar-refractivity contribution is -0.268. The van der Waals surface area contributed by atoms with E-state index in [1.54, 1.807) is 18.0 Å². The van der Waals surface area contributed by atoms with Gasteiger partial charge in [0.15, 0.2) is 6.29 Å². The van der Waals surface area contributed by atoms with Crippen molar-refractivity contribution in [1.82, 2.24) is 10.3 Å². The van der Waals surface area contributed by atoms with E-state index in [9.17, 15) is 9.90 Å². The van der Waals surface area contributed by atoms with E-state index in [-0.39, 0.29) is 30.8 Å². The molecule has 1 unspecified atom stereocenters. The monoisotopic (exact) mass is 493 g/mol. The molecular formula is C27H31N3O4S. The normalized spacial score (nSPS) is 21.9. The molecule has 0 bridgehead atoms. The lowest BCUT2D eigenvalue weighted by Gasteiger charge is -2.41. The number of thioether (sulfide) groups is 1. The number of nitrogens with one attached hydrogen (secondary N) is 2. The van der Waals surface area contributed by atoms with E-state index >= 15 is 0 Å². The fourth-order valence-corrected chi connectivity index (χ4v) is 5.04. The maximum Gasteiger partial charge on any atom is 0.319 e. The van der Waals surface area contributed by atoms with Crippen LogP contribution < -0.4 is 10.6 Å². The predicted molar refractivity (Wildman–Crippen MR) is 137 cm³/mol. The Morgan fingerprint density at radius 3 is 2.60 bits per heavy atom. The number of hydrogen-bond acceptors (Lipinski definition) is 6. The van der Waals surface area contributed by atoms with Crippen molar-refractivity contribution >= 4 is 23.5 Å². The van der Waals surface area contributed by atoms with Gasteiger partial charge < -0.3 is 25.2 Å². The van der Waals surface area contributed by atoms with Gasteiger partial charge in [0.25, 0.3) is 0 Å². The number of nitrogens with zero attached hydrogens (tertiary/aromatic N) is 1. The Bertz CT molecular complexity index is 1100. The molecule has 1 aliphatic heterocycles. The molecule has 7 nitrogen and oxygen atoms in total. The van der Waals surface area contributed by atoms with Crippen LogP contribution in [0.1, 0.15) is 42.9 Å². The van der Waals surface area contributed by atoms with Crippen LogP contribution in [0, 0.1) is 5.92 Å². The maximum absolute atomic E-state index is 12.0. The molecule has 3 N–H and O–H groups in total. The minimum atomic E-state index is -0.598. The molecule has 4 rings (SSSR count). The van der Waals surface area contributed by atoms with Crippen molar-refractivity contribution in [2.75, 3.05) is 17.6 Å². The van der Waals surface area contributed by atoms with Crippen LogP contribution in [0.2, 0.25) is 0 Å². The second-order valence-corrected chi connectivity index (χ2v) is 9.45. The van der Waals surface area contributed by atoms with E-state index in [0.717, 1.165) is 27.5 Å². The number of benzene rings is 2. The zero-order valence-electron chi connectivity index (χ0n) is 19.9. The van der Waals surface area contributed by atoms with Crippen LogP contribution >= 0.6 is 11.8 Å². The second kappa shape index (κ2) is 12.2. The molecule has 0 aliphatic carbocycles. The summed E-state index contributed by atoms with van der Waals surface area (Å²) < 4.78 is 13.0. The zero-order chi connectivity index (χ0) is 24.6. The van der Waals surface area contributed by atoms with Gasteiger partial charge in [-0.05, 0) is 42.3 Å². The molecule has 3 aromatic rings. The third kappa shape index (κ3) is 6.61. The van der Waals surface area contributed by atoms with Crippen molar-refractivity contribution in [2.45, 2.75) is 44.0 Å². The van der Waals surface area contributed by atoms with Gasteiger partial charge >= 0.3 is 6.03 Å². The first kappa shape index (κ1) is 25.2. The molecule has 1 aromatic heterocycles. The SMILES string of the molecule is CCNC(=O)Nc1cccc(C2O[C@H](CSc3ccccn3)[C@H](C)[C@H](c3ccc(CO)cc3)O2)c1. The summed E-state index contributed by atoms with van der Waals surface area (Å²) in [6, 6.07) is 21.0. The number of carbonyl (C=O) groups excluding carboxylic acids is 1. The minimum absolute atomic E-state index is 0.00182. The molecule has 35 heavy (non-hydrogen) atoms. The van der Waals surface area contributed by atoms with Crippen molar-refractivity contribution in [3.8, 4) is 0 Å². The molecule has 8 heteroatoms. The summed E-state index contributed by atoms with van der Waals surface area (Å²) in [4.78, 5) is 16.4. The summed E-state index contributed by atoms with van der Waals surface area (Å²) in [6.45, 7) is 4.56. The van der Waals surface area contributed by atoms with Gasteiger partial charge in [0, 0.05) is 35.7 Å². The van der Waals surface area contributed by atoms with Crippen molar-refractivity contribution < 1.29 is 19.4 Å². The van der Waals surface area contributed by atoms with E-state index in [0.29, 0.717) is 12.2 Å². The van der Waals surface area contributed by atoms with Crippen LogP contribution in [0.25, 0.3) is 0 Å². The Morgan fingerprint density at radius 2 is 1.89 bits per heavy atom. The summed E-state index contributed by atoms with van der Waals surface area (Å²) >= 11 is 1.66. The number of pyridine rings is 1. The maximum atomic E-state index is 12.0. The number of aliphatic hydroxyl groups excluding tert-OH is 1. The van der Waals surface area contributed by atoms with Crippen LogP contribution in [0.4, 0.5) is 10.5 Å². The summed E-state index contributed by atoms with van der Waals surface area (Å²) in [5.41, 5.74) is 3.39. The van der Waals surface area contributed by atoms with E-state index in [1.165, 1.54) is 0 Å². The molecule has 2 aromatic carbocycles. The molecule has 184 valence electrons. The Labute approximate surface area is 210 Å². The number of urea groups is 1. The Balaban J connectivity index is 1.57. The fourth-order valence-electron chi connectivity index (χ4n) is 4.01. The van der Waals surface area contributed by atoms with Gasteiger partial charge in [-0.15, -0.1) is 11.8 Å². The Hall–Kier alpha value is -2.91. The van der Waals surface area contributed by atoms with Crippen molar-refractivity contribution in [3.63, 3.8) is 0 Å². The number of carbonyl (C=O) groups is 1. The van der Waals surface area contributed by atoms with Crippen LogP contribution in [0.3, 0.4) is 0 Å².